The lowest BCUT2D eigenvalue weighted by Gasteiger charge is -2.15. The van der Waals surface area contributed by atoms with Gasteiger partial charge in [0.25, 0.3) is 0 Å². The first kappa shape index (κ1) is 26.9. The second kappa shape index (κ2) is 12.4. The average Bonchev–Trinajstić information content (AvgIpc) is 3.35. The molecule has 0 radical (unpaired) electrons. The Labute approximate surface area is 223 Å². The van der Waals surface area contributed by atoms with Gasteiger partial charge in [0.1, 0.15) is 6.61 Å². The number of aryl methyl sites for hydroxylation is 2. The molecule has 8 heteroatoms. The van der Waals surface area contributed by atoms with Crippen molar-refractivity contribution in [1.82, 2.24) is 15.0 Å². The molecule has 0 saturated carbocycles. The van der Waals surface area contributed by atoms with Gasteiger partial charge in [0.05, 0.1) is 13.5 Å². The first-order valence-electron chi connectivity index (χ1n) is 12.6. The van der Waals surface area contributed by atoms with Gasteiger partial charge in [-0.05, 0) is 61.0 Å². The molecule has 38 heavy (non-hydrogen) atoms. The number of carbonyl (C=O) groups excluding carboxylic acids is 1. The van der Waals surface area contributed by atoms with E-state index in [1.165, 1.54) is 5.56 Å². The fourth-order valence-corrected chi connectivity index (χ4v) is 4.12. The molecule has 3 aromatic carbocycles. The molecule has 0 aliphatic rings. The zero-order valence-corrected chi connectivity index (χ0v) is 22.6. The molecular weight excluding hydrogens is 480 g/mol. The molecule has 4 rings (SSSR count). The molecule has 4 aromatic rings. The van der Waals surface area contributed by atoms with E-state index in [1.807, 2.05) is 43.3 Å². The van der Waals surface area contributed by atoms with Crippen molar-refractivity contribution >= 4 is 11.6 Å². The topological polar surface area (TPSA) is 89.7 Å². The lowest BCUT2D eigenvalue weighted by atomic mass is 9.95. The number of nitrogens with zero attached hydrogens (tertiary/aromatic N) is 3. The molecular formula is C30H34N4O4. The summed E-state index contributed by atoms with van der Waals surface area (Å²) in [5, 5.41) is 6.99. The van der Waals surface area contributed by atoms with E-state index in [-0.39, 0.29) is 12.3 Å². The van der Waals surface area contributed by atoms with Crippen LogP contribution in [0.25, 0.3) is 22.5 Å². The molecule has 1 N–H and O–H groups in total. The van der Waals surface area contributed by atoms with Crippen molar-refractivity contribution in [3.05, 3.63) is 77.7 Å². The molecule has 8 nitrogen and oxygen atoms in total. The van der Waals surface area contributed by atoms with Gasteiger partial charge in [0.2, 0.25) is 17.6 Å². The Morgan fingerprint density at radius 1 is 1.00 bits per heavy atom. The number of methoxy groups -OCH3 is 1. The minimum atomic E-state index is -0.101. The molecule has 0 aliphatic carbocycles. The van der Waals surface area contributed by atoms with Gasteiger partial charge in [-0.2, -0.15) is 4.98 Å². The number of nitrogens with one attached hydrogen (secondary N) is 1. The van der Waals surface area contributed by atoms with Crippen molar-refractivity contribution in [3.63, 3.8) is 0 Å². The fourth-order valence-electron chi connectivity index (χ4n) is 4.12. The van der Waals surface area contributed by atoms with Crippen molar-refractivity contribution in [2.45, 2.75) is 26.7 Å². The Kier molecular flexibility index (Phi) is 8.76. The van der Waals surface area contributed by atoms with Crippen LogP contribution in [0.15, 0.2) is 65.2 Å². The molecule has 0 atom stereocenters. The Bertz CT molecular complexity index is 1380. The quantitative estimate of drug-likeness (QED) is 0.286. The van der Waals surface area contributed by atoms with Gasteiger partial charge >= 0.3 is 0 Å². The summed E-state index contributed by atoms with van der Waals surface area (Å²) >= 11 is 0. The molecule has 0 fully saturated rings. The number of hydrogen-bond donors (Lipinski definition) is 1. The van der Waals surface area contributed by atoms with E-state index < -0.39 is 0 Å². The van der Waals surface area contributed by atoms with Gasteiger partial charge in [-0.15, -0.1) is 0 Å². The minimum absolute atomic E-state index is 0.101. The number of carbonyl (C=O) groups is 1. The number of benzene rings is 3. The number of aromatic nitrogens is 2. The highest BCUT2D eigenvalue weighted by atomic mass is 16.5. The summed E-state index contributed by atoms with van der Waals surface area (Å²) in [7, 11) is 5.57. The molecule has 0 aliphatic heterocycles. The van der Waals surface area contributed by atoms with Crippen molar-refractivity contribution in [2.75, 3.05) is 39.7 Å². The van der Waals surface area contributed by atoms with Crippen LogP contribution in [-0.4, -0.2) is 55.3 Å². The predicted molar refractivity (Wildman–Crippen MR) is 149 cm³/mol. The average molecular weight is 515 g/mol. The van der Waals surface area contributed by atoms with Crippen LogP contribution in [0.2, 0.25) is 0 Å². The first-order valence-corrected chi connectivity index (χ1v) is 12.6. The molecule has 1 heterocycles. The largest absolute Gasteiger partial charge is 0.493 e. The highest BCUT2D eigenvalue weighted by Gasteiger charge is 2.12. The van der Waals surface area contributed by atoms with E-state index in [9.17, 15) is 4.79 Å². The van der Waals surface area contributed by atoms with Gasteiger partial charge in [-0.1, -0.05) is 48.5 Å². The molecule has 0 bridgehead atoms. The van der Waals surface area contributed by atoms with Crippen LogP contribution in [0, 0.1) is 6.92 Å². The smallest absolute Gasteiger partial charge is 0.228 e. The zero-order valence-electron chi connectivity index (χ0n) is 22.6. The summed E-state index contributed by atoms with van der Waals surface area (Å²) < 4.78 is 16.4. The van der Waals surface area contributed by atoms with E-state index in [4.69, 9.17) is 14.0 Å². The van der Waals surface area contributed by atoms with Gasteiger partial charge in [0, 0.05) is 30.8 Å². The SMILES string of the molecule is CCc1cc(-c2noc(C)n2)ccc1-c1ccc(CC(=O)Nc2ccc(OC)c(OCCN(C)C)c2)cc1. The standard InChI is InChI=1S/C30H34N4O4/c1-6-22-18-24(30-31-20(2)38-33-30)11-13-26(22)23-9-7-21(8-10-23)17-29(35)32-25-12-14-27(36-5)28(19-25)37-16-15-34(3)4/h7-14,18-19H,6,15-17H2,1-5H3,(H,32,35). The fraction of sp³-hybridized carbons (Fsp3) is 0.300. The second-order valence-corrected chi connectivity index (χ2v) is 9.30. The van der Waals surface area contributed by atoms with Crippen LogP contribution in [0.4, 0.5) is 5.69 Å². The molecule has 1 amide bonds. The Hall–Kier alpha value is -4.17. The normalized spacial score (nSPS) is 11.0. The maximum atomic E-state index is 12.8. The number of anilines is 1. The first-order chi connectivity index (χ1) is 18.4. The van der Waals surface area contributed by atoms with E-state index in [2.05, 4.69) is 46.6 Å². The van der Waals surface area contributed by atoms with Crippen LogP contribution >= 0.6 is 0 Å². The van der Waals surface area contributed by atoms with E-state index in [1.54, 1.807) is 26.2 Å². The maximum absolute atomic E-state index is 12.8. The molecule has 0 unspecified atom stereocenters. The summed E-state index contributed by atoms with van der Waals surface area (Å²) in [6.45, 7) is 5.20. The lowest BCUT2D eigenvalue weighted by molar-refractivity contribution is -0.115. The third-order valence-corrected chi connectivity index (χ3v) is 6.14. The molecule has 0 saturated heterocycles. The third-order valence-electron chi connectivity index (χ3n) is 6.14. The van der Waals surface area contributed by atoms with Crippen molar-refractivity contribution in [2.24, 2.45) is 0 Å². The molecule has 0 spiro atoms. The van der Waals surface area contributed by atoms with E-state index in [0.717, 1.165) is 35.2 Å². The number of ether oxygens (including phenoxy) is 2. The van der Waals surface area contributed by atoms with Gasteiger partial charge in [0.15, 0.2) is 11.5 Å². The summed E-state index contributed by atoms with van der Waals surface area (Å²) in [4.78, 5) is 19.1. The Morgan fingerprint density at radius 3 is 2.42 bits per heavy atom. The van der Waals surface area contributed by atoms with Crippen molar-refractivity contribution in [1.29, 1.82) is 0 Å². The van der Waals surface area contributed by atoms with Gasteiger partial charge < -0.3 is 24.2 Å². The number of likely N-dealkylation sites (N-methyl/N-ethyl adjacent to an activating group) is 1. The molecule has 198 valence electrons. The highest BCUT2D eigenvalue weighted by molar-refractivity contribution is 5.92. The monoisotopic (exact) mass is 514 g/mol. The summed E-state index contributed by atoms with van der Waals surface area (Å²) in [6.07, 6.45) is 1.13. The summed E-state index contributed by atoms with van der Waals surface area (Å²) in [6, 6.07) is 19.7. The second-order valence-electron chi connectivity index (χ2n) is 9.30. The van der Waals surface area contributed by atoms with E-state index >= 15 is 0 Å². The Morgan fingerprint density at radius 2 is 1.76 bits per heavy atom. The molecule has 1 aromatic heterocycles. The predicted octanol–water partition coefficient (Wildman–Crippen LogP) is 5.40. The Balaban J connectivity index is 1.42. The zero-order chi connectivity index (χ0) is 27.1. The van der Waals surface area contributed by atoms with Crippen LogP contribution in [0.1, 0.15) is 23.9 Å². The minimum Gasteiger partial charge on any atom is -0.493 e. The number of rotatable bonds is 11. The van der Waals surface area contributed by atoms with E-state index in [0.29, 0.717) is 35.5 Å². The summed E-state index contributed by atoms with van der Waals surface area (Å²) in [5.74, 6) is 2.26. The van der Waals surface area contributed by atoms with Crippen LogP contribution in [0.5, 0.6) is 11.5 Å². The number of amides is 1. The number of hydrogen-bond acceptors (Lipinski definition) is 7. The lowest BCUT2D eigenvalue weighted by Crippen LogP contribution is -2.19. The van der Waals surface area contributed by atoms with Crippen LogP contribution in [0.3, 0.4) is 0 Å². The maximum Gasteiger partial charge on any atom is 0.228 e. The van der Waals surface area contributed by atoms with Gasteiger partial charge in [-0.3, -0.25) is 4.79 Å². The van der Waals surface area contributed by atoms with Crippen LogP contribution < -0.4 is 14.8 Å². The third kappa shape index (κ3) is 6.77. The van der Waals surface area contributed by atoms with Crippen molar-refractivity contribution in [3.8, 4) is 34.0 Å². The van der Waals surface area contributed by atoms with Crippen molar-refractivity contribution < 1.29 is 18.8 Å². The van der Waals surface area contributed by atoms with Gasteiger partial charge in [-0.25, -0.2) is 0 Å². The summed E-state index contributed by atoms with van der Waals surface area (Å²) in [5.41, 5.74) is 5.96. The van der Waals surface area contributed by atoms with Crippen LogP contribution in [-0.2, 0) is 17.6 Å². The highest BCUT2D eigenvalue weighted by Crippen LogP contribution is 2.31.